The Hall–Kier alpha value is -2.97. The van der Waals surface area contributed by atoms with Crippen LogP contribution in [-0.4, -0.2) is 9.55 Å². The molecule has 0 saturated heterocycles. The van der Waals surface area contributed by atoms with Crippen molar-refractivity contribution < 1.29 is 4.39 Å². The van der Waals surface area contributed by atoms with Crippen molar-refractivity contribution >= 4 is 0 Å². The minimum Gasteiger partial charge on any atom is -0.336 e. The molecule has 2 N–H and O–H groups in total. The fourth-order valence-corrected chi connectivity index (χ4v) is 2.75. The lowest BCUT2D eigenvalue weighted by Crippen LogP contribution is -2.41. The molecule has 0 aliphatic rings. The quantitative estimate of drug-likeness (QED) is 0.809. The number of halogens is 1. The summed E-state index contributed by atoms with van der Waals surface area (Å²) in [5.74, 6) is -0.585. The maximum Gasteiger partial charge on any atom is 0.141 e. The molecule has 114 valence electrons. The van der Waals surface area contributed by atoms with Gasteiger partial charge in [-0.1, -0.05) is 36.4 Å². The first-order valence-electron chi connectivity index (χ1n) is 7.08. The van der Waals surface area contributed by atoms with Gasteiger partial charge in [0.05, 0.1) is 23.8 Å². The molecule has 0 fully saturated rings. The molecule has 5 heteroatoms. The van der Waals surface area contributed by atoms with Crippen LogP contribution in [0.2, 0.25) is 0 Å². The number of imidazole rings is 1. The van der Waals surface area contributed by atoms with Crippen LogP contribution in [0.25, 0.3) is 0 Å². The van der Waals surface area contributed by atoms with E-state index in [-0.39, 0.29) is 5.56 Å². The van der Waals surface area contributed by atoms with Crippen molar-refractivity contribution in [1.82, 2.24) is 9.55 Å². The number of nitriles is 1. The summed E-state index contributed by atoms with van der Waals surface area (Å²) < 4.78 is 15.9. The standard InChI is InChI=1S/C18H15FN4/c1-23-12-22-11-17(23)18(21,14-5-3-2-4-6-14)15-8-7-13(10-20)16(19)9-15/h2-9,11-12H,21H2,1H3. The average Bonchev–Trinajstić information content (AvgIpc) is 3.01. The minimum absolute atomic E-state index is 0.00540. The van der Waals surface area contributed by atoms with Crippen LogP contribution in [0.15, 0.2) is 61.1 Å². The van der Waals surface area contributed by atoms with Gasteiger partial charge < -0.3 is 10.3 Å². The molecule has 0 spiro atoms. The van der Waals surface area contributed by atoms with Crippen molar-refractivity contribution in [2.24, 2.45) is 12.8 Å². The number of nitrogens with zero attached hydrogens (tertiary/aromatic N) is 3. The molecule has 3 rings (SSSR count). The molecule has 1 unspecified atom stereocenters. The van der Waals surface area contributed by atoms with E-state index in [1.807, 2.05) is 48.0 Å². The van der Waals surface area contributed by atoms with E-state index >= 15 is 0 Å². The fraction of sp³-hybridized carbons (Fsp3) is 0.111. The Morgan fingerprint density at radius 1 is 1.17 bits per heavy atom. The second-order valence-electron chi connectivity index (χ2n) is 5.37. The number of hydrogen-bond acceptors (Lipinski definition) is 3. The molecular formula is C18H15FN4. The molecule has 0 bridgehead atoms. The zero-order valence-electron chi connectivity index (χ0n) is 12.6. The predicted octanol–water partition coefficient (Wildman–Crippen LogP) is 2.68. The van der Waals surface area contributed by atoms with Crippen LogP contribution < -0.4 is 5.73 Å². The van der Waals surface area contributed by atoms with Crippen molar-refractivity contribution in [2.75, 3.05) is 0 Å². The lowest BCUT2D eigenvalue weighted by molar-refractivity contribution is 0.578. The van der Waals surface area contributed by atoms with Crippen LogP contribution in [0.4, 0.5) is 4.39 Å². The van der Waals surface area contributed by atoms with Crippen molar-refractivity contribution in [3.8, 4) is 6.07 Å². The first-order chi connectivity index (χ1) is 11.1. The van der Waals surface area contributed by atoms with E-state index in [1.54, 1.807) is 18.6 Å². The number of rotatable bonds is 3. The van der Waals surface area contributed by atoms with Crippen molar-refractivity contribution in [1.29, 1.82) is 5.26 Å². The molecule has 23 heavy (non-hydrogen) atoms. The number of nitrogens with two attached hydrogens (primary N) is 1. The smallest absolute Gasteiger partial charge is 0.141 e. The largest absolute Gasteiger partial charge is 0.336 e. The van der Waals surface area contributed by atoms with Crippen molar-refractivity contribution in [3.63, 3.8) is 0 Å². The van der Waals surface area contributed by atoms with E-state index in [0.717, 1.165) is 11.3 Å². The van der Waals surface area contributed by atoms with E-state index in [4.69, 9.17) is 11.0 Å². The van der Waals surface area contributed by atoms with Crippen LogP contribution in [0, 0.1) is 17.1 Å². The third-order valence-electron chi connectivity index (χ3n) is 3.99. The Bertz CT molecular complexity index is 880. The Morgan fingerprint density at radius 2 is 1.91 bits per heavy atom. The number of benzene rings is 2. The van der Waals surface area contributed by atoms with Gasteiger partial charge >= 0.3 is 0 Å². The van der Waals surface area contributed by atoms with Gasteiger partial charge in [0.1, 0.15) is 17.4 Å². The van der Waals surface area contributed by atoms with Gasteiger partial charge in [-0.25, -0.2) is 9.37 Å². The molecule has 3 aromatic rings. The maximum atomic E-state index is 14.1. The lowest BCUT2D eigenvalue weighted by Gasteiger charge is -2.31. The normalized spacial score (nSPS) is 13.3. The molecule has 1 heterocycles. The van der Waals surface area contributed by atoms with Gasteiger partial charge in [-0.2, -0.15) is 5.26 Å². The zero-order chi connectivity index (χ0) is 16.4. The van der Waals surface area contributed by atoms with Gasteiger partial charge in [0.15, 0.2) is 0 Å². The summed E-state index contributed by atoms with van der Waals surface area (Å²) in [5, 5.41) is 8.92. The molecule has 1 atom stereocenters. The molecule has 0 aliphatic heterocycles. The number of aryl methyl sites for hydroxylation is 1. The summed E-state index contributed by atoms with van der Waals surface area (Å²) in [4.78, 5) is 4.13. The maximum absolute atomic E-state index is 14.1. The molecule has 0 amide bonds. The Labute approximate surface area is 133 Å². The van der Waals surface area contributed by atoms with E-state index in [1.165, 1.54) is 12.1 Å². The summed E-state index contributed by atoms with van der Waals surface area (Å²) in [5.41, 5.74) is 7.78. The molecular weight excluding hydrogens is 291 g/mol. The molecule has 0 aliphatic carbocycles. The van der Waals surface area contributed by atoms with Crippen LogP contribution in [0.5, 0.6) is 0 Å². The molecule has 1 aromatic heterocycles. The highest BCUT2D eigenvalue weighted by Crippen LogP contribution is 2.34. The fourth-order valence-electron chi connectivity index (χ4n) is 2.75. The monoisotopic (exact) mass is 306 g/mol. The first kappa shape index (κ1) is 14.9. The van der Waals surface area contributed by atoms with Gasteiger partial charge in [-0.05, 0) is 23.3 Å². The summed E-state index contributed by atoms with van der Waals surface area (Å²) >= 11 is 0. The molecule has 4 nitrogen and oxygen atoms in total. The highest BCUT2D eigenvalue weighted by Gasteiger charge is 2.35. The average molecular weight is 306 g/mol. The molecule has 0 saturated carbocycles. The van der Waals surface area contributed by atoms with Gasteiger partial charge in [0, 0.05) is 7.05 Å². The third kappa shape index (κ3) is 2.39. The Kier molecular flexibility index (Phi) is 3.68. The SMILES string of the molecule is Cn1cncc1C(N)(c1ccccc1)c1ccc(C#N)c(F)c1. The number of hydrogen-bond donors (Lipinski definition) is 1. The van der Waals surface area contributed by atoms with Crippen LogP contribution in [-0.2, 0) is 12.6 Å². The van der Waals surface area contributed by atoms with Crippen LogP contribution >= 0.6 is 0 Å². The first-order valence-corrected chi connectivity index (χ1v) is 7.08. The van der Waals surface area contributed by atoms with E-state index in [0.29, 0.717) is 5.56 Å². The van der Waals surface area contributed by atoms with Crippen molar-refractivity contribution in [3.05, 3.63) is 89.3 Å². The Balaban J connectivity index is 2.28. The summed E-state index contributed by atoms with van der Waals surface area (Å²) in [7, 11) is 1.84. The predicted molar refractivity (Wildman–Crippen MR) is 84.8 cm³/mol. The summed E-state index contributed by atoms with van der Waals surface area (Å²) in [6.07, 6.45) is 3.32. The topological polar surface area (TPSA) is 67.6 Å². The molecule has 2 aromatic carbocycles. The zero-order valence-corrected chi connectivity index (χ0v) is 12.6. The summed E-state index contributed by atoms with van der Waals surface area (Å²) in [6, 6.07) is 15.7. The van der Waals surface area contributed by atoms with Gasteiger partial charge in [-0.15, -0.1) is 0 Å². The second kappa shape index (κ2) is 5.67. The van der Waals surface area contributed by atoms with Crippen LogP contribution in [0.3, 0.4) is 0 Å². The minimum atomic E-state index is -1.07. The number of aromatic nitrogens is 2. The summed E-state index contributed by atoms with van der Waals surface area (Å²) in [6.45, 7) is 0. The Morgan fingerprint density at radius 3 is 2.48 bits per heavy atom. The van der Waals surface area contributed by atoms with E-state index < -0.39 is 11.4 Å². The van der Waals surface area contributed by atoms with Crippen molar-refractivity contribution in [2.45, 2.75) is 5.54 Å². The van der Waals surface area contributed by atoms with Gasteiger partial charge in [0.25, 0.3) is 0 Å². The molecule has 0 radical (unpaired) electrons. The van der Waals surface area contributed by atoms with E-state index in [9.17, 15) is 4.39 Å². The van der Waals surface area contributed by atoms with Crippen LogP contribution in [0.1, 0.15) is 22.4 Å². The third-order valence-corrected chi connectivity index (χ3v) is 3.99. The lowest BCUT2D eigenvalue weighted by atomic mass is 9.81. The second-order valence-corrected chi connectivity index (χ2v) is 5.37. The van der Waals surface area contributed by atoms with E-state index in [2.05, 4.69) is 4.98 Å². The van der Waals surface area contributed by atoms with Gasteiger partial charge in [0.2, 0.25) is 0 Å². The highest BCUT2D eigenvalue weighted by atomic mass is 19.1. The van der Waals surface area contributed by atoms with Gasteiger partial charge in [-0.3, -0.25) is 0 Å². The highest BCUT2D eigenvalue weighted by molar-refractivity contribution is 5.48.